The van der Waals surface area contributed by atoms with E-state index in [-0.39, 0.29) is 0 Å². The predicted molar refractivity (Wildman–Crippen MR) is 127 cm³/mol. The first-order valence-electron chi connectivity index (χ1n) is 10.6. The number of fused-ring (bicyclic) bond motifs is 1. The molecule has 0 fully saturated rings. The lowest BCUT2D eigenvalue weighted by Crippen LogP contribution is -2.16. The van der Waals surface area contributed by atoms with Crippen molar-refractivity contribution in [2.45, 2.75) is 12.6 Å². The van der Waals surface area contributed by atoms with E-state index < -0.39 is 18.9 Å². The van der Waals surface area contributed by atoms with Crippen LogP contribution in [0.3, 0.4) is 0 Å². The number of rotatable bonds is 4. The van der Waals surface area contributed by atoms with Crippen molar-refractivity contribution in [3.63, 3.8) is 0 Å². The fourth-order valence-electron chi connectivity index (χ4n) is 4.49. The first-order valence-corrected chi connectivity index (χ1v) is 12.3. The molecule has 1 nitrogen and oxygen atoms in total. The highest BCUT2D eigenvalue weighted by atomic mass is 31.2. The minimum atomic E-state index is -4.41. The minimum Gasteiger partial charge on any atom is -0.309 e. The molecule has 5 rings (SSSR count). The smallest absolute Gasteiger partial charge is 0.309 e. The molecule has 4 aromatic rings. The average Bonchev–Trinajstić information content (AvgIpc) is 3.09. The molecule has 0 saturated heterocycles. The maximum Gasteiger partial charge on any atom is 0.416 e. The third kappa shape index (κ3) is 3.75. The van der Waals surface area contributed by atoms with E-state index in [1.54, 1.807) is 0 Å². The first-order chi connectivity index (χ1) is 15.9. The van der Waals surface area contributed by atoms with E-state index >= 15 is 0 Å². The van der Waals surface area contributed by atoms with Crippen molar-refractivity contribution in [3.05, 3.63) is 137 Å². The summed E-state index contributed by atoms with van der Waals surface area (Å²) in [6.07, 6.45) is -3.97. The molecular formula is C28H20F3OP. The summed E-state index contributed by atoms with van der Waals surface area (Å²) in [5.74, 6) is 0. The van der Waals surface area contributed by atoms with E-state index in [2.05, 4.69) is 0 Å². The van der Waals surface area contributed by atoms with Gasteiger partial charge in [-0.1, -0.05) is 97.1 Å². The van der Waals surface area contributed by atoms with Crippen molar-refractivity contribution in [1.29, 1.82) is 0 Å². The van der Waals surface area contributed by atoms with Gasteiger partial charge in [-0.15, -0.1) is 0 Å². The molecular weight excluding hydrogens is 440 g/mol. The van der Waals surface area contributed by atoms with Crippen molar-refractivity contribution < 1.29 is 17.7 Å². The van der Waals surface area contributed by atoms with Crippen LogP contribution in [0.15, 0.2) is 115 Å². The zero-order chi connectivity index (χ0) is 23.1. The number of benzene rings is 4. The minimum absolute atomic E-state index is 0.443. The molecule has 0 spiro atoms. The highest BCUT2D eigenvalue weighted by molar-refractivity contribution is 7.83. The third-order valence-corrected chi connectivity index (χ3v) is 9.25. The van der Waals surface area contributed by atoms with Gasteiger partial charge in [-0.05, 0) is 34.4 Å². The second-order valence-electron chi connectivity index (χ2n) is 8.02. The highest BCUT2D eigenvalue weighted by Crippen LogP contribution is 2.62. The van der Waals surface area contributed by atoms with Crippen LogP contribution in [-0.4, -0.2) is 0 Å². The summed E-state index contributed by atoms with van der Waals surface area (Å²) in [5, 5.41) is 2.21. The molecule has 0 amide bonds. The predicted octanol–water partition coefficient (Wildman–Crippen LogP) is 7.04. The lowest BCUT2D eigenvalue weighted by molar-refractivity contribution is -0.137. The number of allylic oxidation sites excluding steroid dienone is 1. The molecule has 33 heavy (non-hydrogen) atoms. The quantitative estimate of drug-likeness (QED) is 0.299. The second-order valence-corrected chi connectivity index (χ2v) is 10.8. The maximum absolute atomic E-state index is 14.9. The van der Waals surface area contributed by atoms with Gasteiger partial charge in [0.2, 0.25) is 0 Å². The van der Waals surface area contributed by atoms with E-state index in [1.165, 1.54) is 12.1 Å². The van der Waals surface area contributed by atoms with Crippen LogP contribution >= 0.6 is 7.14 Å². The average molecular weight is 460 g/mol. The topological polar surface area (TPSA) is 17.1 Å². The molecule has 0 aromatic heterocycles. The van der Waals surface area contributed by atoms with Crippen molar-refractivity contribution in [2.75, 3.05) is 0 Å². The SMILES string of the molecule is O=P1(c2ccccc2)C(Cc2ccccc2)=C(c2ccc(C(F)(F)F)cc2)c2ccccc21. The fourth-order valence-corrected chi connectivity index (χ4v) is 7.75. The summed E-state index contributed by atoms with van der Waals surface area (Å²) in [6, 6.07) is 31.8. The van der Waals surface area contributed by atoms with Crippen LogP contribution in [0.25, 0.3) is 5.57 Å². The number of hydrogen-bond acceptors (Lipinski definition) is 1. The second kappa shape index (κ2) is 8.20. The van der Waals surface area contributed by atoms with Gasteiger partial charge >= 0.3 is 6.18 Å². The van der Waals surface area contributed by atoms with Crippen molar-refractivity contribution in [3.8, 4) is 0 Å². The highest BCUT2D eigenvalue weighted by Gasteiger charge is 2.42. The van der Waals surface area contributed by atoms with Gasteiger partial charge in [0.15, 0.2) is 7.14 Å². The summed E-state index contributed by atoms with van der Waals surface area (Å²) >= 11 is 0. The Balaban J connectivity index is 1.78. The van der Waals surface area contributed by atoms with Crippen molar-refractivity contribution in [2.24, 2.45) is 0 Å². The number of hydrogen-bond donors (Lipinski definition) is 0. The Labute approximate surface area is 190 Å². The fraction of sp³-hybridized carbons (Fsp3) is 0.0714. The maximum atomic E-state index is 14.9. The van der Waals surface area contributed by atoms with Gasteiger partial charge in [-0.2, -0.15) is 13.2 Å². The molecule has 0 bridgehead atoms. The Morgan fingerprint density at radius 2 is 1.24 bits per heavy atom. The Kier molecular flexibility index (Phi) is 5.34. The summed E-state index contributed by atoms with van der Waals surface area (Å²) in [6.45, 7) is 0. The monoisotopic (exact) mass is 460 g/mol. The van der Waals surface area contributed by atoms with Gasteiger partial charge in [-0.3, -0.25) is 0 Å². The summed E-state index contributed by atoms with van der Waals surface area (Å²) in [7, 11) is -3.20. The van der Waals surface area contributed by atoms with Crippen molar-refractivity contribution in [1.82, 2.24) is 0 Å². The van der Waals surface area contributed by atoms with Crippen LogP contribution in [0.2, 0.25) is 0 Å². The van der Waals surface area contributed by atoms with Crippen LogP contribution in [0.5, 0.6) is 0 Å². The zero-order valence-corrected chi connectivity index (χ0v) is 18.5. The molecule has 4 aromatic carbocycles. The zero-order valence-electron chi connectivity index (χ0n) is 17.6. The largest absolute Gasteiger partial charge is 0.416 e. The van der Waals surface area contributed by atoms with E-state index in [1.807, 2.05) is 84.9 Å². The number of halogens is 3. The van der Waals surface area contributed by atoms with Crippen LogP contribution in [-0.2, 0) is 17.2 Å². The summed E-state index contributed by atoms with van der Waals surface area (Å²) in [5.41, 5.74) is 2.51. The van der Waals surface area contributed by atoms with E-state index in [9.17, 15) is 17.7 Å². The Morgan fingerprint density at radius 1 is 0.667 bits per heavy atom. The Morgan fingerprint density at radius 3 is 1.88 bits per heavy atom. The molecule has 1 atom stereocenters. The lowest BCUT2D eigenvalue weighted by atomic mass is 9.95. The lowest BCUT2D eigenvalue weighted by Gasteiger charge is -2.19. The molecule has 1 unspecified atom stereocenters. The molecule has 0 aliphatic carbocycles. The van der Waals surface area contributed by atoms with Crippen LogP contribution in [0, 0.1) is 0 Å². The molecule has 164 valence electrons. The van der Waals surface area contributed by atoms with Gasteiger partial charge in [0.25, 0.3) is 0 Å². The van der Waals surface area contributed by atoms with Gasteiger partial charge in [0.1, 0.15) is 0 Å². The standard InChI is InChI=1S/C28H20F3OP/c29-28(30,31)22-17-15-21(16-18-22)27-24-13-7-8-14-25(24)33(32,23-11-5-2-6-12-23)26(27)19-20-9-3-1-4-10-20/h1-18H,19H2. The molecule has 0 N–H and O–H groups in total. The molecule has 1 aliphatic rings. The van der Waals surface area contributed by atoms with Gasteiger partial charge in [0.05, 0.1) is 5.56 Å². The first kappa shape index (κ1) is 21.5. The summed E-state index contributed by atoms with van der Waals surface area (Å²) in [4.78, 5) is 0. The van der Waals surface area contributed by atoms with E-state index in [0.29, 0.717) is 12.0 Å². The molecule has 0 radical (unpaired) electrons. The number of alkyl halides is 3. The van der Waals surface area contributed by atoms with Gasteiger partial charge in [-0.25, -0.2) is 0 Å². The summed E-state index contributed by atoms with van der Waals surface area (Å²) < 4.78 is 54.5. The molecule has 1 heterocycles. The van der Waals surface area contributed by atoms with Gasteiger partial charge < -0.3 is 4.57 Å². The van der Waals surface area contributed by atoms with Crippen LogP contribution < -0.4 is 10.6 Å². The van der Waals surface area contributed by atoms with E-state index in [0.717, 1.165) is 44.8 Å². The Hall–Kier alpha value is -3.36. The van der Waals surface area contributed by atoms with Crippen molar-refractivity contribution >= 4 is 23.3 Å². The molecule has 5 heteroatoms. The normalized spacial score (nSPS) is 17.8. The van der Waals surface area contributed by atoms with Gasteiger partial charge in [0, 0.05) is 22.3 Å². The molecule has 0 saturated carbocycles. The van der Waals surface area contributed by atoms with Crippen LogP contribution in [0.1, 0.15) is 22.3 Å². The third-order valence-electron chi connectivity index (χ3n) is 6.02. The van der Waals surface area contributed by atoms with E-state index in [4.69, 9.17) is 0 Å². The van der Waals surface area contributed by atoms with Crippen LogP contribution in [0.4, 0.5) is 13.2 Å². The Bertz CT molecular complexity index is 1370. The molecule has 1 aliphatic heterocycles.